The topological polar surface area (TPSA) is 54.4 Å². The molecule has 2 aliphatic rings. The van der Waals surface area contributed by atoms with Gasteiger partial charge in [0.2, 0.25) is 0 Å². The highest BCUT2D eigenvalue weighted by atomic mass is 19.1. The van der Waals surface area contributed by atoms with Crippen molar-refractivity contribution in [3.63, 3.8) is 0 Å². The summed E-state index contributed by atoms with van der Waals surface area (Å²) in [4.78, 5) is 18.2. The maximum absolute atomic E-state index is 15.0. The summed E-state index contributed by atoms with van der Waals surface area (Å²) < 4.78 is 36.1. The van der Waals surface area contributed by atoms with E-state index in [1.165, 1.54) is 12.3 Å². The lowest BCUT2D eigenvalue weighted by Crippen LogP contribution is -2.39. The van der Waals surface area contributed by atoms with Gasteiger partial charge in [-0.3, -0.25) is 4.98 Å². The van der Waals surface area contributed by atoms with Gasteiger partial charge in [0.15, 0.2) is 0 Å². The lowest BCUT2D eigenvalue weighted by Gasteiger charge is -2.36. The molecule has 2 aliphatic heterocycles. The van der Waals surface area contributed by atoms with Crippen LogP contribution in [0.5, 0.6) is 6.01 Å². The minimum Gasteiger partial charge on any atom is -0.462 e. The van der Waals surface area contributed by atoms with Crippen molar-refractivity contribution in [2.24, 2.45) is 0 Å². The van der Waals surface area contributed by atoms with E-state index in [4.69, 9.17) is 14.7 Å². The Bertz CT molecular complexity index is 1770. The molecule has 0 N–H and O–H groups in total. The van der Waals surface area contributed by atoms with E-state index in [9.17, 15) is 4.39 Å². The molecule has 0 aliphatic carbocycles. The number of rotatable bonds is 5. The molecule has 2 aromatic heterocycles. The summed E-state index contributed by atoms with van der Waals surface area (Å²) in [5.74, 6) is 0.136. The summed E-state index contributed by atoms with van der Waals surface area (Å²) in [5.41, 5.74) is 3.92. The molecule has 0 saturated carbocycles. The van der Waals surface area contributed by atoms with E-state index < -0.39 is 0 Å². The Morgan fingerprint density at radius 3 is 2.68 bits per heavy atom. The van der Waals surface area contributed by atoms with Crippen molar-refractivity contribution < 1.29 is 13.5 Å². The highest BCUT2D eigenvalue weighted by Gasteiger charge is 2.29. The second-order valence-electron chi connectivity index (χ2n) is 11.2. The van der Waals surface area contributed by atoms with Crippen LogP contribution in [0.2, 0.25) is 0 Å². The molecule has 6 nitrogen and oxygen atoms in total. The number of likely N-dealkylation sites (tertiary alicyclic amines) is 1. The van der Waals surface area contributed by atoms with Gasteiger partial charge in [-0.1, -0.05) is 36.4 Å². The van der Waals surface area contributed by atoms with E-state index in [1.54, 1.807) is 12.3 Å². The Balaban J connectivity index is 1.35. The fraction of sp³-hybridized carbons (Fsp3) is 0.303. The van der Waals surface area contributed by atoms with Gasteiger partial charge < -0.3 is 14.5 Å². The molecule has 0 bridgehead atoms. The van der Waals surface area contributed by atoms with Crippen LogP contribution in [-0.4, -0.2) is 52.1 Å². The number of halogens is 2. The first-order valence-corrected chi connectivity index (χ1v) is 14.2. The third kappa shape index (κ3) is 4.66. The van der Waals surface area contributed by atoms with E-state index >= 15 is 4.39 Å². The first-order chi connectivity index (χ1) is 20.0. The molecule has 8 heteroatoms. The van der Waals surface area contributed by atoms with E-state index in [2.05, 4.69) is 28.8 Å². The summed E-state index contributed by atoms with van der Waals surface area (Å²) in [6, 6.07) is 17.5. The SMILES string of the molecule is C[C@H]1Cc2cncc(F)c2CN1c1nc(OC[C@@H]2CCCN2C)nc2cc(-c3cccc4cccc(F)c34)ccc12. The molecule has 208 valence electrons. The van der Waals surface area contributed by atoms with Gasteiger partial charge in [0.05, 0.1) is 11.7 Å². The van der Waals surface area contributed by atoms with Gasteiger partial charge in [-0.15, -0.1) is 0 Å². The number of hydrogen-bond acceptors (Lipinski definition) is 6. The van der Waals surface area contributed by atoms with Crippen molar-refractivity contribution in [1.82, 2.24) is 19.9 Å². The van der Waals surface area contributed by atoms with E-state index in [0.717, 1.165) is 46.8 Å². The molecule has 0 amide bonds. The van der Waals surface area contributed by atoms with Crippen molar-refractivity contribution in [2.75, 3.05) is 25.1 Å². The minimum atomic E-state index is -0.307. The average Bonchev–Trinajstić information content (AvgIpc) is 3.39. The molecule has 7 rings (SSSR count). The van der Waals surface area contributed by atoms with E-state index in [0.29, 0.717) is 53.9 Å². The number of pyridine rings is 1. The standard InChI is InChI=1S/C33H31F2N5O/c1-20-14-23-16-36-17-29(35)27(23)18-40(20)32-26-12-11-22(25-9-3-6-21-7-4-10-28(34)31(21)25)15-30(26)37-33(38-32)41-19-24-8-5-13-39(24)2/h3-4,6-7,9-12,15-17,20,24H,5,8,13-14,18-19H2,1-2H3/t20-,24-/m0/s1. The number of nitrogens with zero attached hydrogens (tertiary/aromatic N) is 5. The maximum atomic E-state index is 15.0. The molecule has 0 radical (unpaired) electrons. The van der Waals surface area contributed by atoms with Gasteiger partial charge in [-0.2, -0.15) is 9.97 Å². The Morgan fingerprint density at radius 1 is 1.00 bits per heavy atom. The van der Waals surface area contributed by atoms with Gasteiger partial charge in [-0.25, -0.2) is 8.78 Å². The molecule has 0 spiro atoms. The first kappa shape index (κ1) is 25.8. The molecule has 1 saturated heterocycles. The zero-order valence-corrected chi connectivity index (χ0v) is 23.1. The predicted octanol–water partition coefficient (Wildman–Crippen LogP) is 6.55. The summed E-state index contributed by atoms with van der Waals surface area (Å²) in [7, 11) is 2.11. The zero-order chi connectivity index (χ0) is 28.1. The Morgan fingerprint density at radius 2 is 1.85 bits per heavy atom. The Hall–Kier alpha value is -4.17. The zero-order valence-electron chi connectivity index (χ0n) is 23.1. The summed E-state index contributed by atoms with van der Waals surface area (Å²) in [6.45, 7) is 4.03. The number of benzene rings is 3. The first-order valence-electron chi connectivity index (χ1n) is 14.2. The summed E-state index contributed by atoms with van der Waals surface area (Å²) in [5, 5.41) is 2.26. The van der Waals surface area contributed by atoms with Gasteiger partial charge in [0.1, 0.15) is 24.1 Å². The van der Waals surface area contributed by atoms with Gasteiger partial charge in [-0.05, 0) is 80.1 Å². The molecule has 4 heterocycles. The highest BCUT2D eigenvalue weighted by molar-refractivity contribution is 6.00. The fourth-order valence-electron chi connectivity index (χ4n) is 6.33. The van der Waals surface area contributed by atoms with Crippen molar-refractivity contribution in [3.8, 4) is 17.1 Å². The van der Waals surface area contributed by atoms with Crippen LogP contribution in [0.25, 0.3) is 32.8 Å². The number of ether oxygens (including phenoxy) is 1. The monoisotopic (exact) mass is 551 g/mol. The molecular formula is C33H31F2N5O. The molecule has 41 heavy (non-hydrogen) atoms. The lowest BCUT2D eigenvalue weighted by atomic mass is 9.95. The summed E-state index contributed by atoms with van der Waals surface area (Å²) >= 11 is 0. The van der Waals surface area contributed by atoms with Crippen molar-refractivity contribution in [1.29, 1.82) is 0 Å². The molecular weight excluding hydrogens is 520 g/mol. The van der Waals surface area contributed by atoms with Crippen molar-refractivity contribution in [3.05, 3.63) is 89.8 Å². The third-order valence-corrected chi connectivity index (χ3v) is 8.64. The average molecular weight is 552 g/mol. The maximum Gasteiger partial charge on any atom is 0.319 e. The van der Waals surface area contributed by atoms with Gasteiger partial charge in [0.25, 0.3) is 0 Å². The smallest absolute Gasteiger partial charge is 0.319 e. The van der Waals surface area contributed by atoms with E-state index in [1.807, 2.05) is 42.5 Å². The number of anilines is 1. The van der Waals surface area contributed by atoms with Crippen LogP contribution in [0.15, 0.2) is 67.0 Å². The van der Waals surface area contributed by atoms with Crippen LogP contribution in [-0.2, 0) is 13.0 Å². The summed E-state index contributed by atoms with van der Waals surface area (Å²) in [6.07, 6.45) is 5.90. The van der Waals surface area contributed by atoms with Crippen molar-refractivity contribution in [2.45, 2.75) is 44.8 Å². The minimum absolute atomic E-state index is 0.0601. The van der Waals surface area contributed by atoms with Crippen LogP contribution in [0, 0.1) is 11.6 Å². The fourth-order valence-corrected chi connectivity index (χ4v) is 6.33. The highest BCUT2D eigenvalue weighted by Crippen LogP contribution is 2.37. The Labute approximate surface area is 237 Å². The number of likely N-dealkylation sites (N-methyl/N-ethyl adjacent to an activating group) is 1. The molecule has 3 aromatic carbocycles. The van der Waals surface area contributed by atoms with Gasteiger partial charge >= 0.3 is 6.01 Å². The molecule has 0 unspecified atom stereocenters. The number of fused-ring (bicyclic) bond motifs is 3. The lowest BCUT2D eigenvalue weighted by molar-refractivity contribution is 0.188. The van der Waals surface area contributed by atoms with E-state index in [-0.39, 0.29) is 17.7 Å². The van der Waals surface area contributed by atoms with Crippen molar-refractivity contribution >= 4 is 27.5 Å². The number of hydrogen-bond donors (Lipinski definition) is 0. The normalized spacial score (nSPS) is 19.2. The second kappa shape index (κ2) is 10.3. The van der Waals surface area contributed by atoms with Crippen LogP contribution in [0.1, 0.15) is 30.9 Å². The van der Waals surface area contributed by atoms with Crippen LogP contribution >= 0.6 is 0 Å². The molecule has 1 fully saturated rings. The van der Waals surface area contributed by atoms with Crippen LogP contribution in [0.3, 0.4) is 0 Å². The third-order valence-electron chi connectivity index (χ3n) is 8.64. The van der Waals surface area contributed by atoms with Crippen LogP contribution in [0.4, 0.5) is 14.6 Å². The second-order valence-corrected chi connectivity index (χ2v) is 11.2. The predicted molar refractivity (Wildman–Crippen MR) is 157 cm³/mol. The Kier molecular flexibility index (Phi) is 6.50. The quantitative estimate of drug-likeness (QED) is 0.247. The van der Waals surface area contributed by atoms with Gasteiger partial charge in [0, 0.05) is 41.2 Å². The number of aromatic nitrogens is 3. The molecule has 2 atom stereocenters. The largest absolute Gasteiger partial charge is 0.462 e. The van der Waals surface area contributed by atoms with Crippen LogP contribution < -0.4 is 9.64 Å². The molecule has 5 aromatic rings.